The summed E-state index contributed by atoms with van der Waals surface area (Å²) in [5.74, 6) is 0.951. The Morgan fingerprint density at radius 2 is 1.78 bits per heavy atom. The first-order valence-electron chi connectivity index (χ1n) is 6.34. The zero-order valence-electron chi connectivity index (χ0n) is 11.5. The summed E-state index contributed by atoms with van der Waals surface area (Å²) in [4.78, 5) is 12.1. The van der Waals surface area contributed by atoms with Gasteiger partial charge in [-0.05, 0) is 30.5 Å². The quantitative estimate of drug-likeness (QED) is 0.892. The van der Waals surface area contributed by atoms with Gasteiger partial charge in [0.1, 0.15) is 5.75 Å². The van der Waals surface area contributed by atoms with Crippen molar-refractivity contribution >= 4 is 5.91 Å². The molecule has 1 aromatic carbocycles. The van der Waals surface area contributed by atoms with Gasteiger partial charge in [0.2, 0.25) is 5.91 Å². The van der Waals surface area contributed by atoms with E-state index in [2.05, 4.69) is 5.32 Å². The number of amides is 1. The fourth-order valence-corrected chi connectivity index (χ4v) is 1.93. The first kappa shape index (κ1) is 12.9. The summed E-state index contributed by atoms with van der Waals surface area (Å²) < 4.78 is 5.15. The zero-order valence-corrected chi connectivity index (χ0v) is 11.5. The third-order valence-corrected chi connectivity index (χ3v) is 3.43. The second-order valence-electron chi connectivity index (χ2n) is 6.01. The molecule has 1 aliphatic rings. The van der Waals surface area contributed by atoms with E-state index in [0.29, 0.717) is 0 Å². The fraction of sp³-hybridized carbons (Fsp3) is 0.533. The van der Waals surface area contributed by atoms with Crippen LogP contribution in [-0.2, 0) is 10.3 Å². The van der Waals surface area contributed by atoms with Gasteiger partial charge in [0.15, 0.2) is 0 Å². The second kappa shape index (κ2) is 4.30. The van der Waals surface area contributed by atoms with Gasteiger partial charge in [0.25, 0.3) is 0 Å². The molecule has 0 aromatic heterocycles. The average Bonchev–Trinajstić information content (AvgIpc) is 3.09. The first-order valence-corrected chi connectivity index (χ1v) is 6.34. The SMILES string of the molecule is COc1ccc(C2(NC(=O)C(C)(C)C)CC2)cc1. The molecule has 1 N–H and O–H groups in total. The van der Waals surface area contributed by atoms with Gasteiger partial charge in [0, 0.05) is 5.41 Å². The predicted molar refractivity (Wildman–Crippen MR) is 71.5 cm³/mol. The molecule has 1 aliphatic carbocycles. The molecule has 0 spiro atoms. The number of benzene rings is 1. The van der Waals surface area contributed by atoms with E-state index >= 15 is 0 Å². The van der Waals surface area contributed by atoms with Crippen LogP contribution in [0.4, 0.5) is 0 Å². The number of hydrogen-bond donors (Lipinski definition) is 1. The summed E-state index contributed by atoms with van der Waals surface area (Å²) >= 11 is 0. The summed E-state index contributed by atoms with van der Waals surface area (Å²) in [6.07, 6.45) is 2.03. The third-order valence-electron chi connectivity index (χ3n) is 3.43. The highest BCUT2D eigenvalue weighted by atomic mass is 16.5. The molecule has 18 heavy (non-hydrogen) atoms. The van der Waals surface area contributed by atoms with E-state index < -0.39 is 0 Å². The molecular formula is C15H21NO2. The molecule has 0 unspecified atom stereocenters. The van der Waals surface area contributed by atoms with Crippen LogP contribution in [-0.4, -0.2) is 13.0 Å². The zero-order chi connectivity index (χ0) is 13.4. The smallest absolute Gasteiger partial charge is 0.226 e. The Morgan fingerprint density at radius 3 is 2.17 bits per heavy atom. The van der Waals surface area contributed by atoms with E-state index in [0.717, 1.165) is 18.6 Å². The van der Waals surface area contributed by atoms with Crippen molar-refractivity contribution in [2.45, 2.75) is 39.2 Å². The number of carbonyl (C=O) groups excluding carboxylic acids is 1. The van der Waals surface area contributed by atoms with E-state index in [4.69, 9.17) is 4.74 Å². The molecular weight excluding hydrogens is 226 g/mol. The Bertz CT molecular complexity index is 439. The number of carbonyl (C=O) groups is 1. The number of methoxy groups -OCH3 is 1. The van der Waals surface area contributed by atoms with Crippen LogP contribution < -0.4 is 10.1 Å². The van der Waals surface area contributed by atoms with E-state index in [-0.39, 0.29) is 16.9 Å². The lowest BCUT2D eigenvalue weighted by molar-refractivity contribution is -0.129. The summed E-state index contributed by atoms with van der Waals surface area (Å²) in [7, 11) is 1.66. The Hall–Kier alpha value is -1.51. The van der Waals surface area contributed by atoms with Crippen molar-refractivity contribution in [1.82, 2.24) is 5.32 Å². The lowest BCUT2D eigenvalue weighted by Crippen LogP contribution is -2.41. The summed E-state index contributed by atoms with van der Waals surface area (Å²) in [6.45, 7) is 5.81. The van der Waals surface area contributed by atoms with Crippen molar-refractivity contribution in [3.63, 3.8) is 0 Å². The number of ether oxygens (including phenoxy) is 1. The molecule has 1 amide bonds. The fourth-order valence-electron chi connectivity index (χ4n) is 1.93. The molecule has 0 aliphatic heterocycles. The second-order valence-corrected chi connectivity index (χ2v) is 6.01. The van der Waals surface area contributed by atoms with Crippen molar-refractivity contribution in [1.29, 1.82) is 0 Å². The third kappa shape index (κ3) is 2.50. The maximum absolute atomic E-state index is 12.1. The van der Waals surface area contributed by atoms with E-state index in [1.807, 2.05) is 45.0 Å². The minimum atomic E-state index is -0.345. The molecule has 1 fully saturated rings. The van der Waals surface area contributed by atoms with Crippen LogP contribution in [0.1, 0.15) is 39.2 Å². The van der Waals surface area contributed by atoms with Crippen LogP contribution in [0.25, 0.3) is 0 Å². The predicted octanol–water partition coefficient (Wildman–Crippen LogP) is 2.85. The number of rotatable bonds is 3. The van der Waals surface area contributed by atoms with Gasteiger partial charge in [-0.15, -0.1) is 0 Å². The summed E-state index contributed by atoms with van der Waals surface area (Å²) in [5, 5.41) is 3.18. The molecule has 1 saturated carbocycles. The van der Waals surface area contributed by atoms with Gasteiger partial charge < -0.3 is 10.1 Å². The Kier molecular flexibility index (Phi) is 3.09. The Labute approximate surface area is 109 Å². The summed E-state index contributed by atoms with van der Waals surface area (Å²) in [5.41, 5.74) is 0.680. The molecule has 0 atom stereocenters. The minimum absolute atomic E-state index is 0.107. The Morgan fingerprint density at radius 1 is 1.22 bits per heavy atom. The van der Waals surface area contributed by atoms with E-state index in [1.165, 1.54) is 5.56 Å². The molecule has 1 aromatic rings. The summed E-state index contributed by atoms with van der Waals surface area (Å²) in [6, 6.07) is 7.96. The highest BCUT2D eigenvalue weighted by Gasteiger charge is 2.46. The molecule has 3 heteroatoms. The largest absolute Gasteiger partial charge is 0.497 e. The van der Waals surface area contributed by atoms with Gasteiger partial charge in [0.05, 0.1) is 12.6 Å². The molecule has 3 nitrogen and oxygen atoms in total. The van der Waals surface area contributed by atoms with Crippen molar-refractivity contribution in [3.05, 3.63) is 29.8 Å². The van der Waals surface area contributed by atoms with Crippen LogP contribution in [0, 0.1) is 5.41 Å². The van der Waals surface area contributed by atoms with Crippen LogP contribution in [0.5, 0.6) is 5.75 Å². The molecule has 2 rings (SSSR count). The maximum Gasteiger partial charge on any atom is 0.226 e. The van der Waals surface area contributed by atoms with Crippen LogP contribution in [0.3, 0.4) is 0 Å². The van der Waals surface area contributed by atoms with Gasteiger partial charge in [-0.1, -0.05) is 32.9 Å². The molecule has 0 bridgehead atoms. The van der Waals surface area contributed by atoms with Gasteiger partial charge in [-0.2, -0.15) is 0 Å². The van der Waals surface area contributed by atoms with Gasteiger partial charge in [-0.3, -0.25) is 4.79 Å². The maximum atomic E-state index is 12.1. The van der Waals surface area contributed by atoms with Gasteiger partial charge >= 0.3 is 0 Å². The molecule has 0 saturated heterocycles. The van der Waals surface area contributed by atoms with Gasteiger partial charge in [-0.25, -0.2) is 0 Å². The molecule has 98 valence electrons. The molecule has 0 heterocycles. The first-order chi connectivity index (χ1) is 8.37. The van der Waals surface area contributed by atoms with Crippen LogP contribution in [0.15, 0.2) is 24.3 Å². The Balaban J connectivity index is 2.14. The van der Waals surface area contributed by atoms with Crippen molar-refractivity contribution in [2.75, 3.05) is 7.11 Å². The van der Waals surface area contributed by atoms with E-state index in [1.54, 1.807) is 7.11 Å². The van der Waals surface area contributed by atoms with Crippen LogP contribution >= 0.6 is 0 Å². The monoisotopic (exact) mass is 247 g/mol. The standard InChI is InChI=1S/C15H21NO2/c1-14(2,3)13(17)16-15(9-10-15)11-5-7-12(18-4)8-6-11/h5-8H,9-10H2,1-4H3,(H,16,17). The van der Waals surface area contributed by atoms with E-state index in [9.17, 15) is 4.79 Å². The normalized spacial score (nSPS) is 17.1. The lowest BCUT2D eigenvalue weighted by atomic mass is 9.94. The van der Waals surface area contributed by atoms with Crippen molar-refractivity contribution < 1.29 is 9.53 Å². The molecule has 0 radical (unpaired) electrons. The van der Waals surface area contributed by atoms with Crippen LogP contribution in [0.2, 0.25) is 0 Å². The highest BCUT2D eigenvalue weighted by molar-refractivity contribution is 5.82. The highest BCUT2D eigenvalue weighted by Crippen LogP contribution is 2.46. The van der Waals surface area contributed by atoms with Crippen molar-refractivity contribution in [2.24, 2.45) is 5.41 Å². The minimum Gasteiger partial charge on any atom is -0.497 e. The number of hydrogen-bond acceptors (Lipinski definition) is 2. The average molecular weight is 247 g/mol. The number of nitrogens with one attached hydrogen (secondary N) is 1. The topological polar surface area (TPSA) is 38.3 Å². The lowest BCUT2D eigenvalue weighted by Gasteiger charge is -2.24. The van der Waals surface area contributed by atoms with Crippen molar-refractivity contribution in [3.8, 4) is 5.75 Å².